The number of hydrogen-bond donors (Lipinski definition) is 0. The maximum Gasteiger partial charge on any atom is 0.350 e. The van der Waals surface area contributed by atoms with E-state index in [0.717, 1.165) is 22.5 Å². The van der Waals surface area contributed by atoms with E-state index in [-0.39, 0.29) is 13.2 Å². The third-order valence-electron chi connectivity index (χ3n) is 4.81. The van der Waals surface area contributed by atoms with E-state index in [0.29, 0.717) is 21.5 Å². The van der Waals surface area contributed by atoms with Crippen LogP contribution in [0.1, 0.15) is 33.4 Å². The van der Waals surface area contributed by atoms with Crippen LogP contribution in [0.4, 0.5) is 5.13 Å². The summed E-state index contributed by atoms with van der Waals surface area (Å²) in [5, 5.41) is 0.322. The number of nitrogens with zero attached hydrogens (tertiary/aromatic N) is 2. The van der Waals surface area contributed by atoms with Gasteiger partial charge in [-0.15, -0.1) is 0 Å². The number of hydrogen-bond acceptors (Lipinski definition) is 8. The lowest BCUT2D eigenvalue weighted by atomic mass is 10.2. The van der Waals surface area contributed by atoms with Crippen molar-refractivity contribution in [2.45, 2.75) is 20.4 Å². The summed E-state index contributed by atoms with van der Waals surface area (Å²) in [4.78, 5) is 43.7. The molecule has 1 heterocycles. The highest BCUT2D eigenvalue weighted by molar-refractivity contribution is 7.17. The third-order valence-corrected chi connectivity index (χ3v) is 5.97. The van der Waals surface area contributed by atoms with Crippen molar-refractivity contribution in [1.29, 1.82) is 0 Å². The Balaban J connectivity index is 1.73. The van der Waals surface area contributed by atoms with Gasteiger partial charge in [-0.3, -0.25) is 9.69 Å². The van der Waals surface area contributed by atoms with E-state index < -0.39 is 24.5 Å². The number of esters is 2. The molecule has 0 aliphatic carbocycles. The SMILES string of the molecule is CCOC(=O)c1sc(N(Cc2ccccc2)C(=O)COC(=O)/C=C/c2cccc(OC)c2)nc1C. The molecule has 35 heavy (non-hydrogen) atoms. The molecule has 0 N–H and O–H groups in total. The first-order chi connectivity index (χ1) is 16.9. The van der Waals surface area contributed by atoms with E-state index in [2.05, 4.69) is 4.98 Å². The Labute approximate surface area is 207 Å². The molecule has 1 amide bonds. The lowest BCUT2D eigenvalue weighted by Gasteiger charge is -2.19. The fourth-order valence-corrected chi connectivity index (χ4v) is 4.06. The zero-order valence-electron chi connectivity index (χ0n) is 19.7. The molecule has 182 valence electrons. The highest BCUT2D eigenvalue weighted by Crippen LogP contribution is 2.28. The molecule has 0 spiro atoms. The van der Waals surface area contributed by atoms with Crippen LogP contribution in [0.25, 0.3) is 6.08 Å². The lowest BCUT2D eigenvalue weighted by molar-refractivity contribution is -0.142. The Bertz CT molecular complexity index is 1210. The lowest BCUT2D eigenvalue weighted by Crippen LogP contribution is -2.34. The molecule has 0 radical (unpaired) electrons. The fraction of sp³-hybridized carbons (Fsp3) is 0.231. The van der Waals surface area contributed by atoms with Crippen LogP contribution in [0.2, 0.25) is 0 Å². The van der Waals surface area contributed by atoms with Gasteiger partial charge in [-0.2, -0.15) is 0 Å². The minimum absolute atomic E-state index is 0.200. The second kappa shape index (κ2) is 12.5. The van der Waals surface area contributed by atoms with E-state index in [4.69, 9.17) is 14.2 Å². The van der Waals surface area contributed by atoms with Crippen LogP contribution < -0.4 is 9.64 Å². The molecular formula is C26H26N2O6S. The Morgan fingerprint density at radius 3 is 2.54 bits per heavy atom. The molecule has 0 fully saturated rings. The minimum Gasteiger partial charge on any atom is -0.497 e. The second-order valence-corrected chi connectivity index (χ2v) is 8.29. The predicted molar refractivity (Wildman–Crippen MR) is 133 cm³/mol. The summed E-state index contributed by atoms with van der Waals surface area (Å²) in [5.74, 6) is -0.965. The van der Waals surface area contributed by atoms with Gasteiger partial charge in [0.1, 0.15) is 10.6 Å². The van der Waals surface area contributed by atoms with Gasteiger partial charge in [0.25, 0.3) is 5.91 Å². The number of aryl methyl sites for hydroxylation is 1. The van der Waals surface area contributed by atoms with Gasteiger partial charge < -0.3 is 14.2 Å². The van der Waals surface area contributed by atoms with Gasteiger partial charge in [-0.1, -0.05) is 53.8 Å². The van der Waals surface area contributed by atoms with Crippen LogP contribution in [-0.2, 0) is 25.6 Å². The number of methoxy groups -OCH3 is 1. The molecule has 0 aliphatic rings. The predicted octanol–water partition coefficient (Wildman–Crippen LogP) is 4.43. The van der Waals surface area contributed by atoms with Gasteiger partial charge in [0.05, 0.1) is 26.0 Å². The number of rotatable bonds is 10. The van der Waals surface area contributed by atoms with Crippen LogP contribution in [0.3, 0.4) is 0 Å². The summed E-state index contributed by atoms with van der Waals surface area (Å²) in [6.45, 7) is 3.35. The molecule has 0 saturated carbocycles. The van der Waals surface area contributed by atoms with Gasteiger partial charge in [0.2, 0.25) is 0 Å². The van der Waals surface area contributed by atoms with E-state index in [1.807, 2.05) is 36.4 Å². The molecule has 3 rings (SSSR count). The summed E-state index contributed by atoms with van der Waals surface area (Å²) in [6.07, 6.45) is 2.82. The smallest absolute Gasteiger partial charge is 0.350 e. The standard InChI is InChI=1S/C26H26N2O6S/c1-4-33-25(31)24-18(2)27-26(35-24)28(16-20-9-6-5-7-10-20)22(29)17-34-23(30)14-13-19-11-8-12-21(15-19)32-3/h5-15H,4,16-17H2,1-3H3/b14-13+. The normalized spacial score (nSPS) is 10.7. The Hall–Kier alpha value is -3.98. The van der Waals surface area contributed by atoms with Crippen molar-refractivity contribution in [2.75, 3.05) is 25.2 Å². The zero-order chi connectivity index (χ0) is 25.2. The van der Waals surface area contributed by atoms with Crippen LogP contribution in [-0.4, -0.2) is 43.2 Å². The van der Waals surface area contributed by atoms with Gasteiger partial charge in [0, 0.05) is 6.08 Å². The van der Waals surface area contributed by atoms with Crippen LogP contribution >= 0.6 is 11.3 Å². The van der Waals surface area contributed by atoms with E-state index in [1.54, 1.807) is 45.2 Å². The van der Waals surface area contributed by atoms with Crippen molar-refractivity contribution in [3.63, 3.8) is 0 Å². The first-order valence-corrected chi connectivity index (χ1v) is 11.7. The number of thiazole rings is 1. The van der Waals surface area contributed by atoms with Crippen molar-refractivity contribution in [3.8, 4) is 5.75 Å². The monoisotopic (exact) mass is 494 g/mol. The Kier molecular flexibility index (Phi) is 9.14. The van der Waals surface area contributed by atoms with Gasteiger partial charge in [-0.25, -0.2) is 14.6 Å². The molecule has 3 aromatic rings. The molecule has 1 aromatic heterocycles. The van der Waals surface area contributed by atoms with Gasteiger partial charge >= 0.3 is 11.9 Å². The number of carbonyl (C=O) groups is 3. The highest BCUT2D eigenvalue weighted by atomic mass is 32.1. The number of carbonyl (C=O) groups excluding carboxylic acids is 3. The topological polar surface area (TPSA) is 95.0 Å². The summed E-state index contributed by atoms with van der Waals surface area (Å²) >= 11 is 1.06. The first-order valence-electron chi connectivity index (χ1n) is 10.9. The van der Waals surface area contributed by atoms with Crippen LogP contribution in [0.5, 0.6) is 5.75 Å². The quantitative estimate of drug-likeness (QED) is 0.304. The molecule has 0 saturated heterocycles. The molecule has 0 aliphatic heterocycles. The maximum atomic E-state index is 13.1. The number of benzene rings is 2. The summed E-state index contributed by atoms with van der Waals surface area (Å²) < 4.78 is 15.4. The average Bonchev–Trinajstić information content (AvgIpc) is 3.26. The van der Waals surface area contributed by atoms with E-state index >= 15 is 0 Å². The summed E-state index contributed by atoms with van der Waals surface area (Å²) in [7, 11) is 1.56. The Morgan fingerprint density at radius 1 is 1.06 bits per heavy atom. The molecule has 2 aromatic carbocycles. The summed E-state index contributed by atoms with van der Waals surface area (Å²) in [5.41, 5.74) is 2.08. The van der Waals surface area contributed by atoms with E-state index in [9.17, 15) is 14.4 Å². The minimum atomic E-state index is -0.664. The van der Waals surface area contributed by atoms with Crippen LogP contribution in [0, 0.1) is 6.92 Å². The molecule has 0 unspecified atom stereocenters. The average molecular weight is 495 g/mol. The number of anilines is 1. The summed E-state index contributed by atoms with van der Waals surface area (Å²) in [6, 6.07) is 16.5. The molecule has 9 heteroatoms. The zero-order valence-corrected chi connectivity index (χ0v) is 20.5. The van der Waals surface area contributed by atoms with Crippen molar-refractivity contribution in [2.24, 2.45) is 0 Å². The number of aromatic nitrogens is 1. The van der Waals surface area contributed by atoms with Crippen molar-refractivity contribution >= 4 is 40.4 Å². The highest BCUT2D eigenvalue weighted by Gasteiger charge is 2.25. The largest absolute Gasteiger partial charge is 0.497 e. The van der Waals surface area contributed by atoms with Crippen molar-refractivity contribution in [3.05, 3.63) is 82.4 Å². The van der Waals surface area contributed by atoms with Crippen molar-refractivity contribution in [1.82, 2.24) is 4.98 Å². The number of ether oxygens (including phenoxy) is 3. The second-order valence-electron chi connectivity index (χ2n) is 7.31. The van der Waals surface area contributed by atoms with Crippen molar-refractivity contribution < 1.29 is 28.6 Å². The maximum absolute atomic E-state index is 13.1. The first kappa shape index (κ1) is 25.6. The molecule has 0 atom stereocenters. The third kappa shape index (κ3) is 7.25. The van der Waals surface area contributed by atoms with E-state index in [1.165, 1.54) is 11.0 Å². The van der Waals surface area contributed by atoms with Gasteiger partial charge in [-0.05, 0) is 43.2 Å². The Morgan fingerprint density at radius 2 is 1.83 bits per heavy atom. The molecule has 8 nitrogen and oxygen atoms in total. The number of amides is 1. The van der Waals surface area contributed by atoms with Gasteiger partial charge in [0.15, 0.2) is 11.7 Å². The molecular weight excluding hydrogens is 468 g/mol. The molecule has 0 bridgehead atoms. The fourth-order valence-electron chi connectivity index (χ4n) is 3.08. The van der Waals surface area contributed by atoms with Crippen LogP contribution in [0.15, 0.2) is 60.7 Å².